The Balaban J connectivity index is 1.17. The number of phosphoric ester groups is 1. The van der Waals surface area contributed by atoms with Crippen LogP contribution < -0.4 is 15.4 Å². The highest BCUT2D eigenvalue weighted by Gasteiger charge is 2.52. The number of aliphatic hydroxyl groups is 10. The maximum Gasteiger partial charge on any atom is 0.472 e. The molecule has 29 heteroatoms. The predicted molar refractivity (Wildman–Crippen MR) is 367 cm³/mol. The molecule has 3 saturated heterocycles. The predicted octanol–water partition coefficient (Wildman–Crippen LogP) is 6.18. The normalized spacial score (nSPS) is 26.4. The van der Waals surface area contributed by atoms with Crippen LogP contribution in [0.3, 0.4) is 0 Å². The second kappa shape index (κ2) is 52.4. The fourth-order valence-corrected chi connectivity index (χ4v) is 12.9. The number of hydrogen-bond donors (Lipinski definition) is 13. The van der Waals surface area contributed by atoms with Crippen molar-refractivity contribution in [2.75, 3.05) is 52.7 Å². The van der Waals surface area contributed by atoms with E-state index in [4.69, 9.17) is 46.9 Å². The first-order chi connectivity index (χ1) is 48.2. The van der Waals surface area contributed by atoms with E-state index in [2.05, 4.69) is 24.5 Å². The fraction of sp³-hybridized carbons (Fsp3) is 0.859. The average molecular weight is 1450 g/mol. The van der Waals surface area contributed by atoms with Crippen LogP contribution in [0.25, 0.3) is 0 Å². The molecule has 2 amide bonds. The Bertz CT molecular complexity index is 2370. The molecule has 17 atom stereocenters. The third kappa shape index (κ3) is 35.9. The van der Waals surface area contributed by atoms with Gasteiger partial charge in [0.1, 0.15) is 85.6 Å². The van der Waals surface area contributed by atoms with Crippen LogP contribution >= 0.6 is 7.82 Å². The highest BCUT2D eigenvalue weighted by molar-refractivity contribution is 7.47. The number of phosphoric acid groups is 1. The van der Waals surface area contributed by atoms with Gasteiger partial charge in [0.05, 0.1) is 33.0 Å². The van der Waals surface area contributed by atoms with Gasteiger partial charge >= 0.3 is 19.8 Å². The maximum absolute atomic E-state index is 13.0. The molecule has 0 bridgehead atoms. The molecule has 0 aromatic heterocycles. The zero-order valence-corrected chi connectivity index (χ0v) is 60.3. The first kappa shape index (κ1) is 88.8. The lowest BCUT2D eigenvalue weighted by molar-refractivity contribution is -0.358. The van der Waals surface area contributed by atoms with Gasteiger partial charge in [-0.1, -0.05) is 206 Å². The van der Waals surface area contributed by atoms with E-state index in [1.54, 1.807) is 12.1 Å². The van der Waals surface area contributed by atoms with Gasteiger partial charge in [0, 0.05) is 38.8 Å². The van der Waals surface area contributed by atoms with E-state index in [1.807, 2.05) is 0 Å². The molecular weight excluding hydrogens is 1330 g/mol. The van der Waals surface area contributed by atoms with Crippen molar-refractivity contribution in [3.63, 3.8) is 0 Å². The van der Waals surface area contributed by atoms with E-state index in [-0.39, 0.29) is 51.1 Å². The third-order valence-electron chi connectivity index (χ3n) is 18.3. The number of nitrogens with one attached hydrogen (secondary N) is 2. The summed E-state index contributed by atoms with van der Waals surface area (Å²) in [6.07, 6.45) is 8.77. The van der Waals surface area contributed by atoms with Gasteiger partial charge in [-0.25, -0.2) is 4.57 Å². The molecule has 580 valence electrons. The van der Waals surface area contributed by atoms with Crippen molar-refractivity contribution in [1.29, 1.82) is 0 Å². The molecule has 0 aliphatic carbocycles. The number of carbonyl (C=O) groups is 4. The molecule has 3 heterocycles. The molecule has 3 fully saturated rings. The Morgan fingerprint density at radius 1 is 0.470 bits per heavy atom. The Morgan fingerprint density at radius 2 is 0.900 bits per heavy atom. The first-order valence-electron chi connectivity index (χ1n) is 37.4. The van der Waals surface area contributed by atoms with Gasteiger partial charge in [0.2, 0.25) is 18.1 Å². The van der Waals surface area contributed by atoms with E-state index in [0.717, 1.165) is 44.9 Å². The molecule has 3 aliphatic heterocycles. The summed E-state index contributed by atoms with van der Waals surface area (Å²) >= 11 is 0. The molecule has 1 aromatic carbocycles. The minimum atomic E-state index is -4.76. The second-order valence-corrected chi connectivity index (χ2v) is 28.3. The summed E-state index contributed by atoms with van der Waals surface area (Å²) in [6.45, 7) is 0.753. The van der Waals surface area contributed by atoms with E-state index in [1.165, 1.54) is 147 Å². The minimum Gasteiger partial charge on any atom is -0.462 e. The smallest absolute Gasteiger partial charge is 0.462 e. The number of benzene rings is 1. The first-order valence-corrected chi connectivity index (χ1v) is 38.9. The molecule has 100 heavy (non-hydrogen) atoms. The number of ether oxygens (including phenoxy) is 8. The molecule has 13 N–H and O–H groups in total. The standard InChI is InChI=1S/C71H125N2O26P/c1-3-5-7-9-11-13-15-17-19-21-23-25-27-29-31-33-58(78)90-47-52(94-59(79)34-32-30-28-26-24-22-20-18-16-14-12-10-8-6-4-2)48-93-100(88,89)92-44-43-73-57(77)40-39-56(76)72-42-41-50-35-37-51(38-36-50)95-71-67(87)68(99-70-66(86)64(84)61(81)54(46-75)97-70)62(82)55(98-71)49-91-69-65(85)63(83)60(80)53(45-74)96-69/h35-38,52-55,60-71,74-75,80-87H,3-34,39-49H2,1-2H3,(H,72,76)(H,73,77)(H,88,89)/t52?,53?,54?,55?,60-,61+,62-,63+,64-,65?,66?,67?,68+,69+,70+,71+/m1/s1. The minimum absolute atomic E-state index is 0.112. The van der Waals surface area contributed by atoms with Crippen molar-refractivity contribution < 1.29 is 127 Å². The van der Waals surface area contributed by atoms with Gasteiger partial charge < -0.3 is 104 Å². The van der Waals surface area contributed by atoms with Gasteiger partial charge in [0.25, 0.3) is 0 Å². The van der Waals surface area contributed by atoms with Crippen molar-refractivity contribution in [1.82, 2.24) is 10.6 Å². The quantitative estimate of drug-likeness (QED) is 0.0197. The van der Waals surface area contributed by atoms with Crippen LogP contribution in [0.4, 0.5) is 0 Å². The van der Waals surface area contributed by atoms with E-state index in [0.29, 0.717) is 24.8 Å². The zero-order valence-electron chi connectivity index (χ0n) is 59.4. The molecule has 0 saturated carbocycles. The number of hydrogen-bond acceptors (Lipinski definition) is 25. The van der Waals surface area contributed by atoms with Crippen LogP contribution in [-0.4, -0.2) is 231 Å². The number of carbonyl (C=O) groups excluding carboxylic acids is 4. The molecule has 4 rings (SSSR count). The van der Waals surface area contributed by atoms with Crippen LogP contribution in [0.15, 0.2) is 24.3 Å². The molecule has 8 unspecified atom stereocenters. The monoisotopic (exact) mass is 1450 g/mol. The highest BCUT2D eigenvalue weighted by atomic mass is 31.2. The van der Waals surface area contributed by atoms with E-state index >= 15 is 0 Å². The van der Waals surface area contributed by atoms with Crippen LogP contribution in [0.2, 0.25) is 0 Å². The van der Waals surface area contributed by atoms with Crippen molar-refractivity contribution >= 4 is 31.6 Å². The number of aliphatic hydroxyl groups excluding tert-OH is 10. The SMILES string of the molecule is CCCCCCCCCCCCCCCCCC(=O)OCC(COP(=O)(O)OCCNC(=O)CCC(=O)NCCc1ccc(O[C@H]2OC(CO[C@H]3OC(CO)[C@@H](O)[C@H](O)C3O)[C@@H](O)[C@H](O[C@@H]3OC(CO)[C@H](O)[C@@H](O)C3O)C2O)cc1)OC(=O)CCCCCCCCCCCCCCCCC. The van der Waals surface area contributed by atoms with E-state index in [9.17, 15) is 79.7 Å². The number of rotatable bonds is 57. The molecule has 0 radical (unpaired) electrons. The average Bonchev–Trinajstić information content (AvgIpc) is 0.795. The number of unbranched alkanes of at least 4 members (excludes halogenated alkanes) is 28. The van der Waals surface area contributed by atoms with Crippen molar-refractivity contribution in [3.8, 4) is 5.75 Å². The van der Waals surface area contributed by atoms with Gasteiger partial charge in [-0.15, -0.1) is 0 Å². The van der Waals surface area contributed by atoms with Crippen LogP contribution in [-0.2, 0) is 72.4 Å². The second-order valence-electron chi connectivity index (χ2n) is 26.9. The molecular formula is C71H125N2O26P. The third-order valence-corrected chi connectivity index (χ3v) is 19.3. The summed E-state index contributed by atoms with van der Waals surface area (Å²) in [7, 11) is -4.76. The van der Waals surface area contributed by atoms with Gasteiger partial charge in [-0.3, -0.25) is 28.2 Å². The number of esters is 2. The van der Waals surface area contributed by atoms with Crippen LogP contribution in [0.1, 0.15) is 238 Å². The van der Waals surface area contributed by atoms with Gasteiger partial charge in [-0.2, -0.15) is 0 Å². The Hall–Kier alpha value is -3.59. The summed E-state index contributed by atoms with van der Waals surface area (Å²) < 4.78 is 68.3. The highest BCUT2D eigenvalue weighted by Crippen LogP contribution is 2.43. The Morgan fingerprint density at radius 3 is 1.38 bits per heavy atom. The lowest BCUT2D eigenvalue weighted by Crippen LogP contribution is -2.65. The summed E-state index contributed by atoms with van der Waals surface area (Å²) in [4.78, 5) is 61.6. The van der Waals surface area contributed by atoms with Gasteiger partial charge in [0.15, 0.2) is 18.7 Å². The number of amides is 2. The molecule has 3 aliphatic rings. The largest absolute Gasteiger partial charge is 0.472 e. The van der Waals surface area contributed by atoms with Gasteiger partial charge in [-0.05, 0) is 37.0 Å². The molecule has 1 aromatic rings. The lowest BCUT2D eigenvalue weighted by Gasteiger charge is -2.46. The van der Waals surface area contributed by atoms with Crippen LogP contribution in [0.5, 0.6) is 5.75 Å². The summed E-state index contributed by atoms with van der Waals surface area (Å²) in [6, 6.07) is 6.27. The topological polar surface area (TPSA) is 424 Å². The molecule has 0 spiro atoms. The summed E-state index contributed by atoms with van der Waals surface area (Å²) in [5, 5.41) is 110. The zero-order chi connectivity index (χ0) is 72.9. The lowest BCUT2D eigenvalue weighted by atomic mass is 9.96. The maximum atomic E-state index is 13.0. The Kier molecular flexibility index (Phi) is 46.5. The summed E-state index contributed by atoms with van der Waals surface area (Å²) in [5.41, 5.74) is 0.706. The Labute approximate surface area is 591 Å². The van der Waals surface area contributed by atoms with Crippen LogP contribution in [0, 0.1) is 0 Å². The van der Waals surface area contributed by atoms with E-state index < -0.39 is 163 Å². The molecule has 28 nitrogen and oxygen atoms in total. The fourth-order valence-electron chi connectivity index (χ4n) is 12.1. The van der Waals surface area contributed by atoms with Crippen molar-refractivity contribution in [2.24, 2.45) is 0 Å². The van der Waals surface area contributed by atoms with Crippen molar-refractivity contribution in [3.05, 3.63) is 29.8 Å². The van der Waals surface area contributed by atoms with Crippen molar-refractivity contribution in [2.45, 2.75) is 337 Å². The summed E-state index contributed by atoms with van der Waals surface area (Å²) in [5.74, 6) is -1.90.